The number of carbonyl (C=O) groups excluding carboxylic acids is 1. The Kier molecular flexibility index (Phi) is 7.42. The van der Waals surface area contributed by atoms with Crippen LogP contribution in [0.2, 0.25) is 0 Å². The Morgan fingerprint density at radius 3 is 2.64 bits per heavy atom. The van der Waals surface area contributed by atoms with Crippen molar-refractivity contribution in [1.82, 2.24) is 15.0 Å². The summed E-state index contributed by atoms with van der Waals surface area (Å²) in [5.41, 5.74) is 5.15. The molecule has 0 unspecified atom stereocenters. The molecule has 5 rings (SSSR count). The van der Waals surface area contributed by atoms with E-state index in [9.17, 15) is 22.4 Å². The molecule has 39 heavy (non-hydrogen) atoms. The highest BCUT2D eigenvalue weighted by Gasteiger charge is 2.30. The first-order chi connectivity index (χ1) is 18.7. The molecule has 2 N–H and O–H groups in total. The third-order valence-electron chi connectivity index (χ3n) is 5.81. The third kappa shape index (κ3) is 6.50. The van der Waals surface area contributed by atoms with E-state index in [1.165, 1.54) is 35.6 Å². The number of aromatic nitrogens is 2. The van der Waals surface area contributed by atoms with Gasteiger partial charge >= 0.3 is 6.18 Å². The summed E-state index contributed by atoms with van der Waals surface area (Å²) in [4.78, 5) is 16.7. The normalized spacial score (nSPS) is 11.8. The van der Waals surface area contributed by atoms with Crippen molar-refractivity contribution in [1.29, 1.82) is 0 Å². The molecule has 0 atom stereocenters. The number of hydrogen-bond acceptors (Lipinski definition) is 5. The number of para-hydroxylation sites is 1. The van der Waals surface area contributed by atoms with E-state index in [0.717, 1.165) is 34.2 Å². The molecule has 0 aliphatic rings. The molecule has 0 saturated heterocycles. The minimum atomic E-state index is -4.44. The van der Waals surface area contributed by atoms with Crippen molar-refractivity contribution in [3.63, 3.8) is 0 Å². The molecule has 0 bridgehead atoms. The van der Waals surface area contributed by atoms with Crippen LogP contribution >= 0.6 is 11.3 Å². The average molecular weight is 552 g/mol. The zero-order valence-electron chi connectivity index (χ0n) is 20.2. The van der Waals surface area contributed by atoms with Crippen LogP contribution in [0.1, 0.15) is 22.4 Å². The monoisotopic (exact) mass is 551 g/mol. The van der Waals surface area contributed by atoms with Crippen LogP contribution in [0.4, 0.5) is 28.4 Å². The molecule has 198 valence electrons. The molecule has 3 aromatic carbocycles. The molecule has 0 saturated carbocycles. The molecular formula is C28H21F4N5OS. The zero-order valence-corrected chi connectivity index (χ0v) is 21.1. The van der Waals surface area contributed by atoms with Gasteiger partial charge in [0.25, 0.3) is 0 Å². The van der Waals surface area contributed by atoms with Crippen molar-refractivity contribution < 1.29 is 22.4 Å². The largest absolute Gasteiger partial charge is 0.416 e. The molecule has 0 aliphatic heterocycles. The summed E-state index contributed by atoms with van der Waals surface area (Å²) in [6.45, 7) is 0.543. The smallest absolute Gasteiger partial charge is 0.342 e. The molecule has 0 spiro atoms. The van der Waals surface area contributed by atoms with Crippen molar-refractivity contribution in [3.05, 3.63) is 113 Å². The number of hydrogen-bond donors (Lipinski definition) is 2. The highest BCUT2D eigenvalue weighted by molar-refractivity contribution is 7.13. The van der Waals surface area contributed by atoms with Gasteiger partial charge in [-0.2, -0.15) is 18.3 Å². The Hall–Kier alpha value is -4.51. The number of anilines is 2. The molecule has 0 radical (unpaired) electrons. The number of nitrogens with zero attached hydrogens (tertiary/aromatic N) is 3. The molecule has 0 aliphatic carbocycles. The number of benzene rings is 3. The third-order valence-corrected chi connectivity index (χ3v) is 6.62. The lowest BCUT2D eigenvalue weighted by Crippen LogP contribution is -2.19. The van der Waals surface area contributed by atoms with Gasteiger partial charge in [-0.15, -0.1) is 11.3 Å². The predicted octanol–water partition coefficient (Wildman–Crippen LogP) is 6.74. The lowest BCUT2D eigenvalue weighted by molar-refractivity contribution is -0.137. The van der Waals surface area contributed by atoms with E-state index in [0.29, 0.717) is 17.4 Å². The molecule has 1 amide bonds. The van der Waals surface area contributed by atoms with Gasteiger partial charge < -0.3 is 9.88 Å². The second-order valence-corrected chi connectivity index (χ2v) is 9.53. The van der Waals surface area contributed by atoms with Crippen molar-refractivity contribution in [2.75, 3.05) is 5.32 Å². The molecule has 6 nitrogen and oxygen atoms in total. The van der Waals surface area contributed by atoms with E-state index in [1.807, 2.05) is 35.0 Å². The van der Waals surface area contributed by atoms with Gasteiger partial charge in [0.05, 0.1) is 23.9 Å². The second-order valence-electron chi connectivity index (χ2n) is 8.67. The van der Waals surface area contributed by atoms with Gasteiger partial charge in [0, 0.05) is 40.3 Å². The first-order valence-corrected chi connectivity index (χ1v) is 12.7. The minimum absolute atomic E-state index is 0.0512. The Morgan fingerprint density at radius 1 is 1.05 bits per heavy atom. The average Bonchev–Trinajstić information content (AvgIpc) is 3.49. The lowest BCUT2D eigenvalue weighted by Gasteiger charge is -2.08. The van der Waals surface area contributed by atoms with Crippen LogP contribution in [0.15, 0.2) is 89.5 Å². The fourth-order valence-corrected chi connectivity index (χ4v) is 4.75. The maximum Gasteiger partial charge on any atom is 0.416 e. The predicted molar refractivity (Wildman–Crippen MR) is 144 cm³/mol. The number of halogens is 4. The van der Waals surface area contributed by atoms with E-state index in [-0.39, 0.29) is 17.9 Å². The van der Waals surface area contributed by atoms with Gasteiger partial charge in [-0.3, -0.25) is 4.79 Å². The molecule has 5 aromatic rings. The van der Waals surface area contributed by atoms with Crippen molar-refractivity contribution >= 4 is 45.2 Å². The Morgan fingerprint density at radius 2 is 1.85 bits per heavy atom. The summed E-state index contributed by atoms with van der Waals surface area (Å²) in [7, 11) is 0. The van der Waals surface area contributed by atoms with Gasteiger partial charge in [-0.05, 0) is 42.0 Å². The van der Waals surface area contributed by atoms with Crippen molar-refractivity contribution in [2.45, 2.75) is 19.1 Å². The maximum atomic E-state index is 13.3. The summed E-state index contributed by atoms with van der Waals surface area (Å²) in [6, 6.07) is 18.9. The summed E-state index contributed by atoms with van der Waals surface area (Å²) < 4.78 is 54.1. The summed E-state index contributed by atoms with van der Waals surface area (Å²) in [5.74, 6) is -0.683. The van der Waals surface area contributed by atoms with Gasteiger partial charge in [0.1, 0.15) is 5.82 Å². The number of hydrazone groups is 1. The quantitative estimate of drug-likeness (QED) is 0.127. The molecule has 0 fully saturated rings. The van der Waals surface area contributed by atoms with E-state index in [1.54, 1.807) is 23.7 Å². The van der Waals surface area contributed by atoms with Crippen LogP contribution in [0.3, 0.4) is 0 Å². The Balaban J connectivity index is 1.21. The van der Waals surface area contributed by atoms with Gasteiger partial charge in [0.2, 0.25) is 5.91 Å². The van der Waals surface area contributed by atoms with Gasteiger partial charge in [-0.1, -0.05) is 36.4 Å². The van der Waals surface area contributed by atoms with Crippen LogP contribution in [0, 0.1) is 5.82 Å². The maximum absolute atomic E-state index is 13.3. The second kappa shape index (κ2) is 11.1. The number of carbonyl (C=O) groups is 1. The number of alkyl halides is 3. The fraction of sp³-hybridized carbons (Fsp3) is 0.107. The van der Waals surface area contributed by atoms with Gasteiger partial charge in [-0.25, -0.2) is 14.8 Å². The van der Waals surface area contributed by atoms with Crippen LogP contribution < -0.4 is 10.7 Å². The summed E-state index contributed by atoms with van der Waals surface area (Å²) in [6.07, 6.45) is -1.02. The Bertz CT molecular complexity index is 1640. The minimum Gasteiger partial charge on any atom is -0.342 e. The van der Waals surface area contributed by atoms with Crippen LogP contribution in [0.5, 0.6) is 0 Å². The zero-order chi connectivity index (χ0) is 27.4. The van der Waals surface area contributed by atoms with Crippen LogP contribution in [-0.2, 0) is 23.9 Å². The first-order valence-electron chi connectivity index (χ1n) is 11.8. The van der Waals surface area contributed by atoms with Crippen molar-refractivity contribution in [2.24, 2.45) is 5.10 Å². The molecule has 2 aromatic heterocycles. The van der Waals surface area contributed by atoms with E-state index in [2.05, 4.69) is 20.8 Å². The lowest BCUT2D eigenvalue weighted by atomic mass is 10.2. The topological polar surface area (TPSA) is 71.3 Å². The van der Waals surface area contributed by atoms with E-state index >= 15 is 0 Å². The highest BCUT2D eigenvalue weighted by atomic mass is 32.1. The standard InChI is InChI=1S/C28H21F4N5OS/c29-21-10-8-18(9-11-21)15-37-16-19(24-6-1-2-7-25(24)37)14-33-36-26(38)13-23-17-39-27(35-23)34-22-5-3-4-20(12-22)28(30,31)32/h1-12,14,16-17H,13,15H2,(H,34,35)(H,36,38)/b33-14-. The highest BCUT2D eigenvalue weighted by Crippen LogP contribution is 2.32. The van der Waals surface area contributed by atoms with E-state index in [4.69, 9.17) is 0 Å². The number of nitrogens with one attached hydrogen (secondary N) is 2. The number of amides is 1. The number of fused-ring (bicyclic) bond motifs is 1. The molecular weight excluding hydrogens is 530 g/mol. The Labute approximate surface area is 224 Å². The SMILES string of the molecule is O=C(Cc1csc(Nc2cccc(C(F)(F)F)c2)n1)N/N=C\c1cn(Cc2ccc(F)cc2)c2ccccc12. The van der Waals surface area contributed by atoms with Crippen molar-refractivity contribution in [3.8, 4) is 0 Å². The van der Waals surface area contributed by atoms with E-state index < -0.39 is 17.6 Å². The number of thiazole rings is 1. The van der Waals surface area contributed by atoms with Crippen LogP contribution in [0.25, 0.3) is 10.9 Å². The van der Waals surface area contributed by atoms with Gasteiger partial charge in [0.15, 0.2) is 5.13 Å². The summed E-state index contributed by atoms with van der Waals surface area (Å²) >= 11 is 1.18. The molecule has 11 heteroatoms. The molecule has 2 heterocycles. The number of rotatable bonds is 8. The fourth-order valence-electron chi connectivity index (χ4n) is 4.02. The summed E-state index contributed by atoms with van der Waals surface area (Å²) in [5, 5.41) is 9.90. The van der Waals surface area contributed by atoms with Crippen LogP contribution in [-0.4, -0.2) is 21.7 Å². The first kappa shape index (κ1) is 26.1.